The normalized spacial score (nSPS) is 10.8. The molecule has 2 aromatic heterocycles. The van der Waals surface area contributed by atoms with Crippen molar-refractivity contribution in [2.24, 2.45) is 0 Å². The summed E-state index contributed by atoms with van der Waals surface area (Å²) >= 11 is 1.79. The van der Waals surface area contributed by atoms with Crippen molar-refractivity contribution in [3.05, 3.63) is 114 Å². The predicted molar refractivity (Wildman–Crippen MR) is 147 cm³/mol. The predicted octanol–water partition coefficient (Wildman–Crippen LogP) is 8.44. The van der Waals surface area contributed by atoms with Gasteiger partial charge in [-0.05, 0) is 60.9 Å². The van der Waals surface area contributed by atoms with Crippen LogP contribution < -0.4 is 0 Å². The largest absolute Gasteiger partial charge is 0.512 e. The summed E-state index contributed by atoms with van der Waals surface area (Å²) in [5.41, 5.74) is 8.10. The number of aryl methyl sites for hydroxylation is 1. The van der Waals surface area contributed by atoms with Crippen LogP contribution in [0.15, 0.2) is 103 Å². The number of pyridine rings is 1. The van der Waals surface area contributed by atoms with Gasteiger partial charge in [-0.1, -0.05) is 54.6 Å². The Kier molecular flexibility index (Phi) is 9.49. The van der Waals surface area contributed by atoms with Crippen molar-refractivity contribution in [2.45, 2.75) is 20.8 Å². The van der Waals surface area contributed by atoms with Crippen molar-refractivity contribution in [3.63, 3.8) is 0 Å². The maximum absolute atomic E-state index is 10.0. The van der Waals surface area contributed by atoms with Crippen molar-refractivity contribution in [3.8, 4) is 32.8 Å². The van der Waals surface area contributed by atoms with Crippen LogP contribution in [0.3, 0.4) is 0 Å². The van der Waals surface area contributed by atoms with Crippen LogP contribution in [-0.4, -0.2) is 15.9 Å². The first-order valence-corrected chi connectivity index (χ1v) is 12.1. The fourth-order valence-corrected chi connectivity index (χ4v) is 4.78. The molecule has 0 amide bonds. The Morgan fingerprint density at radius 3 is 2.22 bits per heavy atom. The molecular weight excluding hydrogens is 643 g/mol. The van der Waals surface area contributed by atoms with Crippen molar-refractivity contribution < 1.29 is 30.0 Å². The van der Waals surface area contributed by atoms with E-state index in [1.165, 1.54) is 51.8 Å². The van der Waals surface area contributed by atoms with Crippen LogP contribution in [0.4, 0.5) is 0 Å². The molecule has 5 heteroatoms. The third kappa shape index (κ3) is 6.86. The molecule has 5 aromatic rings. The summed E-state index contributed by atoms with van der Waals surface area (Å²) in [5, 5.41) is 8.36. The van der Waals surface area contributed by atoms with E-state index >= 15 is 0 Å². The monoisotopic (exact) mass is 669 g/mol. The van der Waals surface area contributed by atoms with Crippen molar-refractivity contribution in [2.75, 3.05) is 0 Å². The molecule has 183 valence electrons. The number of carbonyl (C=O) groups excluding carboxylic acids is 1. The number of fused-ring (bicyclic) bond motifs is 1. The summed E-state index contributed by atoms with van der Waals surface area (Å²) in [4.78, 5) is 16.1. The van der Waals surface area contributed by atoms with Crippen molar-refractivity contribution in [1.29, 1.82) is 0 Å². The van der Waals surface area contributed by atoms with Gasteiger partial charge in [0.2, 0.25) is 0 Å². The summed E-state index contributed by atoms with van der Waals surface area (Å²) < 4.78 is 1.21. The molecule has 0 aliphatic carbocycles. The van der Waals surface area contributed by atoms with Crippen LogP contribution in [0.5, 0.6) is 0 Å². The van der Waals surface area contributed by atoms with Crippen LogP contribution in [0.2, 0.25) is 0 Å². The first-order chi connectivity index (χ1) is 16.9. The third-order valence-corrected chi connectivity index (χ3v) is 6.53. The fraction of sp³-hybridized carbons (Fsp3) is 0.0968. The zero-order valence-electron chi connectivity index (χ0n) is 20.3. The smallest absolute Gasteiger partial charge is 0.155 e. The molecule has 0 saturated carbocycles. The Morgan fingerprint density at radius 2 is 1.61 bits per heavy atom. The Hall–Kier alpha value is -3.37. The fourth-order valence-electron chi connectivity index (χ4n) is 3.77. The average Bonchev–Trinajstić information content (AvgIpc) is 3.28. The summed E-state index contributed by atoms with van der Waals surface area (Å²) in [6, 6.07) is 35.0. The number of hydrogen-bond donors (Lipinski definition) is 1. The SMILES string of the molecule is CC(=O)/C=C(/C)O.Cc1ccccc1-c1ccc(-c2cc3nc(-c4[c-]cccc4)ccc3s2)cc1.[Ir]. The minimum absolute atomic E-state index is 0. The van der Waals surface area contributed by atoms with E-state index in [-0.39, 0.29) is 31.6 Å². The maximum atomic E-state index is 10.0. The van der Waals surface area contributed by atoms with Gasteiger partial charge in [-0.25, -0.2) is 0 Å². The second-order valence-electron chi connectivity index (χ2n) is 8.26. The van der Waals surface area contributed by atoms with E-state index in [2.05, 4.69) is 79.7 Å². The van der Waals surface area contributed by atoms with Crippen molar-refractivity contribution in [1.82, 2.24) is 4.98 Å². The minimum Gasteiger partial charge on any atom is -0.512 e. The standard InChI is InChI=1S/C26H18NS.C5H8O2.Ir/c1-18-7-5-6-10-22(18)19-11-13-21(14-12-19)26-17-24-25(28-26)16-15-23(27-24)20-8-3-2-4-9-20;1-4(6)3-5(2)7;/h2-8,10-17H,1H3;3,6H,1-2H3;/q-1;;/b;4-3-;. The van der Waals surface area contributed by atoms with Crippen LogP contribution in [-0.2, 0) is 24.9 Å². The third-order valence-electron chi connectivity index (χ3n) is 5.40. The van der Waals surface area contributed by atoms with E-state index in [0.717, 1.165) is 16.8 Å². The average molecular weight is 669 g/mol. The number of aliphatic hydroxyl groups excluding tert-OH is 1. The number of carbonyl (C=O) groups is 1. The molecule has 0 atom stereocenters. The van der Waals surface area contributed by atoms with E-state index in [1.54, 1.807) is 11.3 Å². The number of hydrogen-bond acceptors (Lipinski definition) is 4. The summed E-state index contributed by atoms with van der Waals surface area (Å²) in [6.07, 6.45) is 1.17. The second-order valence-corrected chi connectivity index (χ2v) is 9.34. The summed E-state index contributed by atoms with van der Waals surface area (Å²) in [5.74, 6) is -0.0625. The van der Waals surface area contributed by atoms with E-state index in [1.807, 2.05) is 24.3 Å². The summed E-state index contributed by atoms with van der Waals surface area (Å²) in [6.45, 7) is 5.00. The van der Waals surface area contributed by atoms with Gasteiger partial charge >= 0.3 is 0 Å². The molecule has 36 heavy (non-hydrogen) atoms. The quantitative estimate of drug-likeness (QED) is 0.119. The number of allylic oxidation sites excluding steroid dienone is 2. The topological polar surface area (TPSA) is 50.2 Å². The molecule has 0 bridgehead atoms. The van der Waals surface area contributed by atoms with Crippen LogP contribution in [0.1, 0.15) is 19.4 Å². The number of aromatic nitrogens is 1. The van der Waals surface area contributed by atoms with Gasteiger partial charge in [0.1, 0.15) is 0 Å². The Labute approximate surface area is 229 Å². The molecule has 1 radical (unpaired) electrons. The van der Waals surface area contributed by atoms with Gasteiger partial charge in [-0.15, -0.1) is 47.2 Å². The zero-order valence-corrected chi connectivity index (χ0v) is 23.5. The molecule has 0 saturated heterocycles. The minimum atomic E-state index is -0.125. The van der Waals surface area contributed by atoms with Crippen molar-refractivity contribution >= 4 is 27.3 Å². The van der Waals surface area contributed by atoms with Crippen LogP contribution in [0, 0.1) is 13.0 Å². The van der Waals surface area contributed by atoms with Gasteiger partial charge < -0.3 is 5.11 Å². The van der Waals surface area contributed by atoms with Gasteiger partial charge in [-0.3, -0.25) is 9.78 Å². The molecule has 3 nitrogen and oxygen atoms in total. The van der Waals surface area contributed by atoms with E-state index in [0.29, 0.717) is 0 Å². The number of benzene rings is 3. The number of rotatable bonds is 4. The molecule has 1 N–H and O–H groups in total. The Morgan fingerprint density at radius 1 is 0.917 bits per heavy atom. The molecule has 0 spiro atoms. The second kappa shape index (κ2) is 12.5. The van der Waals surface area contributed by atoms with E-state index < -0.39 is 0 Å². The van der Waals surface area contributed by atoms with Crippen LogP contribution >= 0.6 is 11.3 Å². The number of ketones is 1. The molecule has 5 rings (SSSR count). The molecule has 0 aliphatic heterocycles. The summed E-state index contributed by atoms with van der Waals surface area (Å²) in [7, 11) is 0. The van der Waals surface area contributed by atoms with Gasteiger partial charge in [-0.2, -0.15) is 0 Å². The van der Waals surface area contributed by atoms with Gasteiger partial charge in [0.05, 0.1) is 16.0 Å². The number of aliphatic hydroxyl groups is 1. The van der Waals surface area contributed by atoms with Gasteiger partial charge in [0.15, 0.2) is 5.78 Å². The number of thiophene rings is 1. The molecule has 0 aliphatic rings. The first kappa shape index (κ1) is 27.2. The van der Waals surface area contributed by atoms with E-state index in [9.17, 15) is 4.79 Å². The van der Waals surface area contributed by atoms with E-state index in [4.69, 9.17) is 10.1 Å². The molecule has 3 aromatic carbocycles. The zero-order chi connectivity index (χ0) is 24.8. The first-order valence-electron chi connectivity index (χ1n) is 11.3. The molecular formula is C31H26IrNO2S-. The van der Waals surface area contributed by atoms with Gasteiger partial charge in [0, 0.05) is 31.1 Å². The number of nitrogens with zero attached hydrogens (tertiary/aromatic N) is 1. The molecule has 2 heterocycles. The molecule has 0 unspecified atom stereocenters. The Bertz CT molecular complexity index is 1480. The maximum Gasteiger partial charge on any atom is 0.155 e. The van der Waals surface area contributed by atoms with Crippen LogP contribution in [0.25, 0.3) is 43.0 Å². The Balaban J connectivity index is 0.000000400. The molecule has 0 fully saturated rings. The van der Waals surface area contributed by atoms with Gasteiger partial charge in [0.25, 0.3) is 0 Å².